The molecule has 0 unspecified atom stereocenters. The molecule has 1 aliphatic rings. The fourth-order valence-corrected chi connectivity index (χ4v) is 3.25. The number of rotatable bonds is 5. The number of H-pyrrole nitrogens is 1. The molecule has 5 nitrogen and oxygen atoms in total. The van der Waals surface area contributed by atoms with Crippen molar-refractivity contribution in [1.82, 2.24) is 14.8 Å². The van der Waals surface area contributed by atoms with Gasteiger partial charge in [0.2, 0.25) is 0 Å². The summed E-state index contributed by atoms with van der Waals surface area (Å²) in [5, 5.41) is 4.26. The highest BCUT2D eigenvalue weighted by molar-refractivity contribution is 7.99. The lowest BCUT2D eigenvalue weighted by atomic mass is 10.2. The minimum absolute atomic E-state index is 0.0645. The van der Waals surface area contributed by atoms with Gasteiger partial charge in [-0.2, -0.15) is 13.2 Å². The first kappa shape index (κ1) is 15.4. The van der Waals surface area contributed by atoms with Crippen molar-refractivity contribution in [2.24, 2.45) is 0 Å². The molecule has 114 valence electrons. The molecule has 2 atom stereocenters. The molecule has 1 N–H and O–H groups in total. The molecule has 1 aromatic rings. The topological polar surface area (TPSA) is 59.9 Å². The Morgan fingerprint density at radius 2 is 2.35 bits per heavy atom. The van der Waals surface area contributed by atoms with Gasteiger partial charge in [0.25, 0.3) is 0 Å². The van der Waals surface area contributed by atoms with Crippen LogP contribution in [0.15, 0.2) is 9.95 Å². The highest BCUT2D eigenvalue weighted by Crippen LogP contribution is 2.39. The molecule has 9 heteroatoms. The van der Waals surface area contributed by atoms with E-state index in [2.05, 4.69) is 10.2 Å². The molecule has 0 radical (unpaired) electrons. The summed E-state index contributed by atoms with van der Waals surface area (Å²) in [6.45, 7) is 2.53. The van der Waals surface area contributed by atoms with Gasteiger partial charge in [-0.3, -0.25) is 4.57 Å². The van der Waals surface area contributed by atoms with Gasteiger partial charge < -0.3 is 4.74 Å². The van der Waals surface area contributed by atoms with Gasteiger partial charge in [0.05, 0.1) is 6.10 Å². The molecule has 0 aliphatic carbocycles. The first-order valence-corrected chi connectivity index (χ1v) is 7.31. The summed E-state index contributed by atoms with van der Waals surface area (Å²) < 4.78 is 45.9. The Kier molecular flexibility index (Phi) is 4.79. The van der Waals surface area contributed by atoms with Crippen LogP contribution in [0, 0.1) is 0 Å². The molecule has 20 heavy (non-hydrogen) atoms. The zero-order valence-corrected chi connectivity index (χ0v) is 11.8. The molecule has 0 aromatic carbocycles. The zero-order valence-electron chi connectivity index (χ0n) is 10.9. The van der Waals surface area contributed by atoms with Crippen molar-refractivity contribution in [1.29, 1.82) is 0 Å². The maximum absolute atomic E-state index is 13.2. The van der Waals surface area contributed by atoms with Gasteiger partial charge in [-0.15, -0.1) is 5.10 Å². The predicted molar refractivity (Wildman–Crippen MR) is 67.8 cm³/mol. The van der Waals surface area contributed by atoms with E-state index in [1.54, 1.807) is 0 Å². The van der Waals surface area contributed by atoms with Gasteiger partial charge >= 0.3 is 11.9 Å². The summed E-state index contributed by atoms with van der Waals surface area (Å²) in [5.41, 5.74) is -0.484. The third-order valence-corrected chi connectivity index (χ3v) is 4.38. The number of ether oxygens (including phenoxy) is 1. The third kappa shape index (κ3) is 3.38. The summed E-state index contributed by atoms with van der Waals surface area (Å²) >= 11 is 0.551. The number of hydrogen-bond donors (Lipinski definition) is 1. The zero-order chi connectivity index (χ0) is 14.8. The minimum Gasteiger partial charge on any atom is -0.377 e. The highest BCUT2D eigenvalue weighted by Gasteiger charge is 2.48. The molecule has 0 saturated carbocycles. The Labute approximate surface area is 117 Å². The number of aromatic amines is 1. The van der Waals surface area contributed by atoms with Crippen LogP contribution in [-0.2, 0) is 11.3 Å². The van der Waals surface area contributed by atoms with E-state index in [0.717, 1.165) is 0 Å². The van der Waals surface area contributed by atoms with E-state index in [1.165, 1.54) is 4.57 Å². The van der Waals surface area contributed by atoms with E-state index in [1.807, 2.05) is 6.92 Å². The predicted octanol–water partition coefficient (Wildman–Crippen LogP) is 2.18. The third-order valence-electron chi connectivity index (χ3n) is 3.03. The van der Waals surface area contributed by atoms with Crippen molar-refractivity contribution < 1.29 is 17.9 Å². The fourth-order valence-electron chi connectivity index (χ4n) is 2.12. The van der Waals surface area contributed by atoms with E-state index in [4.69, 9.17) is 4.74 Å². The molecule has 1 aliphatic heterocycles. The van der Waals surface area contributed by atoms with Crippen LogP contribution >= 0.6 is 11.8 Å². The van der Waals surface area contributed by atoms with Crippen molar-refractivity contribution >= 4 is 11.8 Å². The second-order valence-corrected chi connectivity index (χ2v) is 5.70. The Hall–Kier alpha value is -0.960. The van der Waals surface area contributed by atoms with E-state index in [-0.39, 0.29) is 5.16 Å². The quantitative estimate of drug-likeness (QED) is 0.847. The van der Waals surface area contributed by atoms with E-state index in [9.17, 15) is 18.0 Å². The highest BCUT2D eigenvalue weighted by atomic mass is 32.2. The smallest absolute Gasteiger partial charge is 0.377 e. The molecule has 0 bridgehead atoms. The Morgan fingerprint density at radius 3 is 2.90 bits per heavy atom. The van der Waals surface area contributed by atoms with Crippen LogP contribution in [0.3, 0.4) is 0 Å². The second kappa shape index (κ2) is 6.21. The molecule has 0 spiro atoms. The van der Waals surface area contributed by atoms with Crippen LogP contribution in [0.4, 0.5) is 13.2 Å². The maximum Gasteiger partial charge on any atom is 0.403 e. The number of hydrogen-bond acceptors (Lipinski definition) is 4. The summed E-state index contributed by atoms with van der Waals surface area (Å²) in [4.78, 5) is 11.5. The summed E-state index contributed by atoms with van der Waals surface area (Å²) in [6, 6.07) is 0. The molecule has 2 rings (SSSR count). The molecular weight excluding hydrogens is 295 g/mol. The Morgan fingerprint density at radius 1 is 1.60 bits per heavy atom. The van der Waals surface area contributed by atoms with Crippen molar-refractivity contribution in [3.63, 3.8) is 0 Å². The van der Waals surface area contributed by atoms with Crippen molar-refractivity contribution in [2.45, 2.75) is 55.4 Å². The molecule has 0 amide bonds. The summed E-state index contributed by atoms with van der Waals surface area (Å²) in [7, 11) is 0. The normalized spacial score (nSPS) is 21.3. The SMILES string of the molecule is CCCn1c(S[C@H]([C@H]2CCCO2)C(F)(F)F)n[nH]c1=O. The minimum atomic E-state index is -4.40. The second-order valence-electron chi connectivity index (χ2n) is 4.59. The van der Waals surface area contributed by atoms with Crippen LogP contribution < -0.4 is 5.69 Å². The Bertz CT molecular complexity index is 494. The average Bonchev–Trinajstić information content (AvgIpc) is 2.98. The van der Waals surface area contributed by atoms with Gasteiger partial charge in [0.15, 0.2) is 5.16 Å². The molecule has 1 saturated heterocycles. The lowest BCUT2D eigenvalue weighted by molar-refractivity contribution is -0.148. The number of aromatic nitrogens is 3. The maximum atomic E-state index is 13.2. The van der Waals surface area contributed by atoms with Crippen LogP contribution in [0.5, 0.6) is 0 Å². The first-order chi connectivity index (χ1) is 9.43. The standard InChI is InChI=1S/C11H16F3N3O2S/c1-2-5-17-9(18)15-16-10(17)20-8(11(12,13)14)7-4-3-6-19-7/h7-8H,2-6H2,1H3,(H,15,18)/t7-,8-/m1/s1. The number of halogens is 3. The van der Waals surface area contributed by atoms with Crippen LogP contribution in [0.25, 0.3) is 0 Å². The Balaban J connectivity index is 2.21. The van der Waals surface area contributed by atoms with Gasteiger partial charge in [-0.05, 0) is 19.3 Å². The molecule has 1 aromatic heterocycles. The van der Waals surface area contributed by atoms with E-state index in [0.29, 0.717) is 44.2 Å². The number of nitrogens with one attached hydrogen (secondary N) is 1. The molecule has 2 heterocycles. The van der Waals surface area contributed by atoms with Crippen molar-refractivity contribution in [3.05, 3.63) is 10.5 Å². The van der Waals surface area contributed by atoms with Gasteiger partial charge in [-0.1, -0.05) is 18.7 Å². The monoisotopic (exact) mass is 311 g/mol. The lowest BCUT2D eigenvalue weighted by Crippen LogP contribution is -2.37. The van der Waals surface area contributed by atoms with Crippen LogP contribution in [0.1, 0.15) is 26.2 Å². The number of alkyl halides is 3. The van der Waals surface area contributed by atoms with Gasteiger partial charge in [0, 0.05) is 13.2 Å². The number of nitrogens with zero attached hydrogens (tertiary/aromatic N) is 2. The lowest BCUT2D eigenvalue weighted by Gasteiger charge is -2.24. The van der Waals surface area contributed by atoms with Gasteiger partial charge in [0.1, 0.15) is 5.25 Å². The van der Waals surface area contributed by atoms with Crippen LogP contribution in [0.2, 0.25) is 0 Å². The van der Waals surface area contributed by atoms with Gasteiger partial charge in [-0.25, -0.2) is 9.89 Å². The number of thioether (sulfide) groups is 1. The summed E-state index contributed by atoms with van der Waals surface area (Å²) in [6.07, 6.45) is -3.63. The van der Waals surface area contributed by atoms with Crippen molar-refractivity contribution in [3.8, 4) is 0 Å². The van der Waals surface area contributed by atoms with E-state index < -0.39 is 23.2 Å². The molecule has 1 fully saturated rings. The van der Waals surface area contributed by atoms with Crippen LogP contribution in [-0.4, -0.2) is 38.9 Å². The van der Waals surface area contributed by atoms with E-state index >= 15 is 0 Å². The van der Waals surface area contributed by atoms with Crippen molar-refractivity contribution in [2.75, 3.05) is 6.61 Å². The fraction of sp³-hybridized carbons (Fsp3) is 0.818. The largest absolute Gasteiger partial charge is 0.403 e. The average molecular weight is 311 g/mol. The molecular formula is C11H16F3N3O2S. The summed E-state index contributed by atoms with van der Waals surface area (Å²) in [5.74, 6) is 0. The first-order valence-electron chi connectivity index (χ1n) is 6.43.